The Morgan fingerprint density at radius 3 is 2.64 bits per heavy atom. The van der Waals surface area contributed by atoms with E-state index in [1.807, 2.05) is 31.2 Å². The summed E-state index contributed by atoms with van der Waals surface area (Å²) < 4.78 is 1.70. The van der Waals surface area contributed by atoms with E-state index in [-0.39, 0.29) is 0 Å². The highest BCUT2D eigenvalue weighted by molar-refractivity contribution is 5.33. The molecule has 2 rings (SSSR count). The molecule has 0 unspecified atom stereocenters. The first-order valence-electron chi connectivity index (χ1n) is 4.45. The number of benzene rings is 1. The summed E-state index contributed by atoms with van der Waals surface area (Å²) in [5.41, 5.74) is 2.19. The second-order valence-electron chi connectivity index (χ2n) is 3.09. The van der Waals surface area contributed by atoms with E-state index in [0.717, 1.165) is 11.5 Å². The monoisotopic (exact) mass is 187 g/mol. The Hall–Kier alpha value is -1.71. The Kier molecular flexibility index (Phi) is 2.26. The fourth-order valence-electron chi connectivity index (χ4n) is 1.25. The molecule has 0 amide bonds. The molecule has 1 heterocycles. The quantitative estimate of drug-likeness (QED) is 0.712. The molecule has 2 aromatic rings. The highest BCUT2D eigenvalue weighted by Crippen LogP contribution is 2.09. The van der Waals surface area contributed by atoms with Crippen molar-refractivity contribution < 1.29 is 0 Å². The Labute approximate surface area is 82.6 Å². The third-order valence-corrected chi connectivity index (χ3v) is 2.04. The maximum absolute atomic E-state index is 3.90. The molecule has 0 atom stereocenters. The van der Waals surface area contributed by atoms with Crippen LogP contribution in [0.15, 0.2) is 24.3 Å². The molecule has 0 aliphatic rings. The first-order chi connectivity index (χ1) is 6.81. The van der Waals surface area contributed by atoms with Crippen LogP contribution in [0, 0.1) is 13.8 Å². The van der Waals surface area contributed by atoms with E-state index in [1.54, 1.807) is 4.68 Å². The molecule has 4 nitrogen and oxygen atoms in total. The molecule has 4 heteroatoms. The zero-order valence-electron chi connectivity index (χ0n) is 8.01. The minimum atomic E-state index is 0.584. The summed E-state index contributed by atoms with van der Waals surface area (Å²) in [6.45, 7) is 5.82. The third-order valence-electron chi connectivity index (χ3n) is 2.04. The van der Waals surface area contributed by atoms with Crippen LogP contribution in [0.5, 0.6) is 0 Å². The van der Waals surface area contributed by atoms with Crippen molar-refractivity contribution in [2.75, 3.05) is 0 Å². The van der Waals surface area contributed by atoms with E-state index in [0.29, 0.717) is 6.42 Å². The highest BCUT2D eigenvalue weighted by atomic mass is 15.5. The molecule has 0 saturated heterocycles. The SMILES string of the molecule is [CH2]Cc1nnnn1-c1ccc(C)cc1. The fourth-order valence-corrected chi connectivity index (χ4v) is 1.25. The van der Waals surface area contributed by atoms with Crippen LogP contribution in [0.3, 0.4) is 0 Å². The Balaban J connectivity index is 2.44. The standard InChI is InChI=1S/C10H11N4/c1-3-10-11-12-13-14(10)9-6-4-8(2)5-7-9/h4-7H,1,3H2,2H3. The van der Waals surface area contributed by atoms with E-state index in [1.165, 1.54) is 5.56 Å². The van der Waals surface area contributed by atoms with Gasteiger partial charge in [-0.2, -0.15) is 4.68 Å². The minimum absolute atomic E-state index is 0.584. The minimum Gasteiger partial charge on any atom is -0.197 e. The fraction of sp³-hybridized carbons (Fsp3) is 0.200. The van der Waals surface area contributed by atoms with Gasteiger partial charge in [-0.15, -0.1) is 5.10 Å². The summed E-state index contributed by atoms with van der Waals surface area (Å²) in [5.74, 6) is 0.772. The Bertz CT molecular complexity index is 416. The first kappa shape index (κ1) is 8.87. The van der Waals surface area contributed by atoms with E-state index in [2.05, 4.69) is 22.4 Å². The van der Waals surface area contributed by atoms with Gasteiger partial charge in [0.25, 0.3) is 0 Å². The van der Waals surface area contributed by atoms with Gasteiger partial charge < -0.3 is 0 Å². The van der Waals surface area contributed by atoms with Gasteiger partial charge in [0.2, 0.25) is 0 Å². The third kappa shape index (κ3) is 1.51. The van der Waals surface area contributed by atoms with Crippen molar-refractivity contribution in [1.82, 2.24) is 20.2 Å². The number of aromatic nitrogens is 4. The average molecular weight is 187 g/mol. The van der Waals surface area contributed by atoms with Crippen molar-refractivity contribution in [2.45, 2.75) is 13.3 Å². The predicted molar refractivity (Wildman–Crippen MR) is 53.0 cm³/mol. The number of nitrogens with zero attached hydrogens (tertiary/aromatic N) is 4. The van der Waals surface area contributed by atoms with Crippen molar-refractivity contribution in [2.24, 2.45) is 0 Å². The van der Waals surface area contributed by atoms with Crippen LogP contribution >= 0.6 is 0 Å². The second-order valence-corrected chi connectivity index (χ2v) is 3.09. The molecule has 1 aromatic heterocycles. The van der Waals surface area contributed by atoms with Gasteiger partial charge in [-0.1, -0.05) is 17.7 Å². The number of hydrogen-bond acceptors (Lipinski definition) is 3. The van der Waals surface area contributed by atoms with E-state index >= 15 is 0 Å². The molecule has 0 aliphatic heterocycles. The van der Waals surface area contributed by atoms with Crippen LogP contribution in [0.4, 0.5) is 0 Å². The van der Waals surface area contributed by atoms with Gasteiger partial charge in [-0.05, 0) is 36.4 Å². The van der Waals surface area contributed by atoms with Crippen molar-refractivity contribution in [1.29, 1.82) is 0 Å². The summed E-state index contributed by atoms with van der Waals surface area (Å²) in [4.78, 5) is 0. The summed E-state index contributed by atoms with van der Waals surface area (Å²) in [7, 11) is 0. The molecule has 0 N–H and O–H groups in total. The molecular formula is C10H11N4. The van der Waals surface area contributed by atoms with Gasteiger partial charge in [0.1, 0.15) is 0 Å². The number of hydrogen-bond donors (Lipinski definition) is 0. The molecular weight excluding hydrogens is 176 g/mol. The van der Waals surface area contributed by atoms with Crippen molar-refractivity contribution in [3.63, 3.8) is 0 Å². The van der Waals surface area contributed by atoms with Gasteiger partial charge >= 0.3 is 0 Å². The van der Waals surface area contributed by atoms with Crippen LogP contribution in [-0.2, 0) is 6.42 Å². The van der Waals surface area contributed by atoms with E-state index < -0.39 is 0 Å². The van der Waals surface area contributed by atoms with Crippen LogP contribution in [0.2, 0.25) is 0 Å². The number of rotatable bonds is 2. The normalized spacial score (nSPS) is 10.4. The summed E-state index contributed by atoms with van der Waals surface area (Å²) in [5, 5.41) is 11.4. The van der Waals surface area contributed by atoms with Crippen LogP contribution in [0.1, 0.15) is 11.4 Å². The molecule has 0 aliphatic carbocycles. The lowest BCUT2D eigenvalue weighted by Crippen LogP contribution is -2.01. The van der Waals surface area contributed by atoms with Crippen LogP contribution in [-0.4, -0.2) is 20.2 Å². The number of tetrazole rings is 1. The van der Waals surface area contributed by atoms with Gasteiger partial charge in [-0.3, -0.25) is 0 Å². The maximum Gasteiger partial charge on any atom is 0.156 e. The lowest BCUT2D eigenvalue weighted by Gasteiger charge is -2.02. The van der Waals surface area contributed by atoms with Crippen molar-refractivity contribution >= 4 is 0 Å². The summed E-state index contributed by atoms with van der Waals surface area (Å²) in [6, 6.07) is 8.05. The predicted octanol–water partition coefficient (Wildman–Crippen LogP) is 1.35. The molecule has 1 aromatic carbocycles. The molecule has 0 fully saturated rings. The van der Waals surface area contributed by atoms with Gasteiger partial charge in [-0.25, -0.2) is 0 Å². The van der Waals surface area contributed by atoms with E-state index in [9.17, 15) is 0 Å². The van der Waals surface area contributed by atoms with Crippen LogP contribution < -0.4 is 0 Å². The first-order valence-corrected chi connectivity index (χ1v) is 4.45. The average Bonchev–Trinajstić information content (AvgIpc) is 2.67. The zero-order valence-corrected chi connectivity index (χ0v) is 8.01. The Morgan fingerprint density at radius 1 is 1.29 bits per heavy atom. The summed E-state index contributed by atoms with van der Waals surface area (Å²) in [6.07, 6.45) is 0.584. The highest BCUT2D eigenvalue weighted by Gasteiger charge is 2.04. The largest absolute Gasteiger partial charge is 0.197 e. The summed E-state index contributed by atoms with van der Waals surface area (Å²) >= 11 is 0. The van der Waals surface area contributed by atoms with Crippen molar-refractivity contribution in [3.05, 3.63) is 42.6 Å². The molecule has 0 bridgehead atoms. The molecule has 71 valence electrons. The molecule has 14 heavy (non-hydrogen) atoms. The number of aryl methyl sites for hydroxylation is 1. The molecule has 0 saturated carbocycles. The van der Waals surface area contributed by atoms with Gasteiger partial charge in [0, 0.05) is 6.42 Å². The lowest BCUT2D eigenvalue weighted by molar-refractivity contribution is 0.772. The maximum atomic E-state index is 3.90. The van der Waals surface area contributed by atoms with Gasteiger partial charge in [0.05, 0.1) is 5.69 Å². The molecule has 0 spiro atoms. The second kappa shape index (κ2) is 3.57. The topological polar surface area (TPSA) is 43.6 Å². The van der Waals surface area contributed by atoms with E-state index in [4.69, 9.17) is 0 Å². The lowest BCUT2D eigenvalue weighted by atomic mass is 10.2. The van der Waals surface area contributed by atoms with Crippen molar-refractivity contribution in [3.8, 4) is 5.69 Å². The Morgan fingerprint density at radius 2 is 2.00 bits per heavy atom. The smallest absolute Gasteiger partial charge is 0.156 e. The van der Waals surface area contributed by atoms with Crippen LogP contribution in [0.25, 0.3) is 5.69 Å². The van der Waals surface area contributed by atoms with Gasteiger partial charge in [0.15, 0.2) is 5.82 Å². The zero-order chi connectivity index (χ0) is 9.97. The molecule has 1 radical (unpaired) electrons.